The van der Waals surface area contributed by atoms with Gasteiger partial charge in [0.25, 0.3) is 5.91 Å². The number of fused-ring (bicyclic) bond motifs is 2. The molecule has 322 valence electrons. The van der Waals surface area contributed by atoms with Crippen molar-refractivity contribution in [3.05, 3.63) is 59.3 Å². The van der Waals surface area contributed by atoms with Crippen molar-refractivity contribution in [1.82, 2.24) is 19.9 Å². The highest BCUT2D eigenvalue weighted by Crippen LogP contribution is 2.63. The van der Waals surface area contributed by atoms with Gasteiger partial charge < -0.3 is 35.6 Å². The normalized spacial score (nSPS) is 23.6. The molecular weight excluding hydrogens is 784 g/mol. The monoisotopic (exact) mass is 841 g/mol. The van der Waals surface area contributed by atoms with E-state index in [1.54, 1.807) is 0 Å². The number of nitrogens with one attached hydrogen (secondary N) is 1. The van der Waals surface area contributed by atoms with Crippen molar-refractivity contribution in [1.29, 1.82) is 10.5 Å². The fraction of sp³-hybridized carbons (Fsp3) is 0.634. The molecule has 3 aromatic rings. The average molecular weight is 842 g/mol. The zero-order valence-electron chi connectivity index (χ0n) is 33.6. The van der Waals surface area contributed by atoms with Gasteiger partial charge in [-0.3, -0.25) is 13.8 Å². The second-order valence-electron chi connectivity index (χ2n) is 15.5. The molecule has 1 amide bonds. The first-order valence-corrected chi connectivity index (χ1v) is 22.2. The molecule has 59 heavy (non-hydrogen) atoms. The molecule has 1 saturated heterocycles. The minimum atomic E-state index is -5.08. The van der Waals surface area contributed by atoms with Crippen molar-refractivity contribution in [2.75, 3.05) is 18.9 Å². The summed E-state index contributed by atoms with van der Waals surface area (Å²) in [6.07, 6.45) is 14.0. The number of halogens is 1. The van der Waals surface area contributed by atoms with Crippen LogP contribution in [0.1, 0.15) is 126 Å². The van der Waals surface area contributed by atoms with E-state index in [9.17, 15) is 39.4 Å². The summed E-state index contributed by atoms with van der Waals surface area (Å²) in [4.78, 5) is 27.8. The van der Waals surface area contributed by atoms with Crippen LogP contribution in [0.5, 0.6) is 0 Å². The van der Waals surface area contributed by atoms with Crippen molar-refractivity contribution >= 4 is 25.1 Å². The molecule has 1 aromatic carbocycles. The van der Waals surface area contributed by atoms with Crippen molar-refractivity contribution in [2.45, 2.75) is 152 Å². The van der Waals surface area contributed by atoms with E-state index in [4.69, 9.17) is 24.3 Å². The van der Waals surface area contributed by atoms with Gasteiger partial charge in [-0.05, 0) is 42.3 Å². The molecule has 6 N–H and O–H groups in total. The maximum Gasteiger partial charge on any atom is 0.472 e. The number of aliphatic hydroxyl groups excluding tert-OH is 1. The number of rotatable bonds is 27. The van der Waals surface area contributed by atoms with E-state index in [0.717, 1.165) is 37.7 Å². The Hall–Kier alpha value is -4.03. The predicted molar refractivity (Wildman–Crippen MR) is 213 cm³/mol. The lowest BCUT2D eigenvalue weighted by atomic mass is 9.90. The molecular formula is C41H57FN7O9P. The summed E-state index contributed by atoms with van der Waals surface area (Å²) in [5, 5.41) is 48.8. The van der Waals surface area contributed by atoms with E-state index in [1.165, 1.54) is 99.8 Å². The van der Waals surface area contributed by atoms with Crippen LogP contribution in [0.4, 0.5) is 10.2 Å². The first-order valence-electron chi connectivity index (χ1n) is 20.7. The number of phosphoric ester groups is 1. The number of unbranched alkanes of at least 4 members (excludes halogenated alkanes) is 15. The number of aliphatic hydroxyl groups is 2. The Morgan fingerprint density at radius 1 is 1.03 bits per heavy atom. The van der Waals surface area contributed by atoms with Crippen LogP contribution in [-0.4, -0.2) is 78.8 Å². The second kappa shape index (κ2) is 21.5. The lowest BCUT2D eigenvalue weighted by Gasteiger charge is -2.29. The van der Waals surface area contributed by atoms with Gasteiger partial charge in [-0.1, -0.05) is 103 Å². The number of hydrogen-bond donors (Lipinski definition) is 5. The van der Waals surface area contributed by atoms with Gasteiger partial charge >= 0.3 is 7.82 Å². The molecule has 18 heteroatoms. The van der Waals surface area contributed by atoms with Crippen LogP contribution in [0.3, 0.4) is 0 Å². The van der Waals surface area contributed by atoms with Gasteiger partial charge in [0.05, 0.1) is 30.5 Å². The van der Waals surface area contributed by atoms with Crippen LogP contribution >= 0.6 is 7.82 Å². The van der Waals surface area contributed by atoms with Crippen LogP contribution < -0.4 is 11.1 Å². The van der Waals surface area contributed by atoms with Gasteiger partial charge in [-0.2, -0.15) is 15.6 Å². The molecule has 3 heterocycles. The van der Waals surface area contributed by atoms with Crippen molar-refractivity contribution in [3.8, 4) is 12.1 Å². The summed E-state index contributed by atoms with van der Waals surface area (Å²) in [6, 6.07) is 10.2. The maximum absolute atomic E-state index is 14.1. The lowest BCUT2D eigenvalue weighted by Crippen LogP contribution is -2.47. The number of benzene rings is 1. The van der Waals surface area contributed by atoms with Gasteiger partial charge in [0.2, 0.25) is 5.60 Å². The van der Waals surface area contributed by atoms with E-state index in [0.29, 0.717) is 18.5 Å². The summed E-state index contributed by atoms with van der Waals surface area (Å²) in [6.45, 7) is 1.42. The number of carbonyl (C=O) groups excluding carboxylic acids is 1. The third-order valence-corrected chi connectivity index (χ3v) is 12.0. The van der Waals surface area contributed by atoms with Gasteiger partial charge in [0.15, 0.2) is 17.5 Å². The largest absolute Gasteiger partial charge is 0.472 e. The van der Waals surface area contributed by atoms with Gasteiger partial charge in [0.1, 0.15) is 42.0 Å². The first kappa shape index (κ1) is 46.0. The topological polar surface area (TPSA) is 248 Å². The third-order valence-electron chi connectivity index (χ3n) is 11.0. The number of phosphoric acid groups is 1. The van der Waals surface area contributed by atoms with Crippen molar-refractivity contribution in [3.63, 3.8) is 0 Å². The summed E-state index contributed by atoms with van der Waals surface area (Å²) in [5.41, 5.74) is 2.07. The highest BCUT2D eigenvalue weighted by atomic mass is 31.2. The SMILES string of the molecule is CCCCCCCCCCCCCCCCCCNC(=O)[C@H](COP(=O)(O)OC1[C@H]2O[C@@](C#N)(c3ccc4c(N)ncnn34)[C@H](O)[C@@]12O)OCc1cc(F)cc(C#N)c1. The number of hydrogen-bond acceptors (Lipinski definition) is 13. The van der Waals surface area contributed by atoms with E-state index in [1.807, 2.05) is 12.1 Å². The number of nitrogens with zero attached hydrogens (tertiary/aromatic N) is 5. The molecule has 1 aliphatic carbocycles. The molecule has 1 aliphatic heterocycles. The summed E-state index contributed by atoms with van der Waals surface area (Å²) in [7, 11) is -5.08. The summed E-state index contributed by atoms with van der Waals surface area (Å²) in [5.74, 6) is -1.25. The van der Waals surface area contributed by atoms with Crippen LogP contribution in [-0.2, 0) is 40.1 Å². The van der Waals surface area contributed by atoms with E-state index in [-0.39, 0.29) is 29.2 Å². The van der Waals surface area contributed by atoms with E-state index in [2.05, 4.69) is 22.3 Å². The maximum atomic E-state index is 14.1. The highest BCUT2D eigenvalue weighted by molar-refractivity contribution is 7.47. The average Bonchev–Trinajstić information content (AvgIpc) is 3.45. The number of ether oxygens (including phenoxy) is 2. The molecule has 5 rings (SSSR count). The van der Waals surface area contributed by atoms with Gasteiger partial charge in [0, 0.05) is 6.54 Å². The van der Waals surface area contributed by atoms with Crippen molar-refractivity contribution in [2.24, 2.45) is 0 Å². The Kier molecular flexibility index (Phi) is 16.8. The molecule has 0 bridgehead atoms. The fourth-order valence-electron chi connectivity index (χ4n) is 7.64. The zero-order chi connectivity index (χ0) is 42.5. The second-order valence-corrected chi connectivity index (χ2v) is 16.9. The number of nitrogen functional groups attached to an aromatic ring is 1. The number of nitriles is 2. The Balaban J connectivity index is 1.07. The Labute approximate surface area is 344 Å². The molecule has 7 atom stereocenters. The van der Waals surface area contributed by atoms with Crippen LogP contribution in [0.25, 0.3) is 5.52 Å². The highest BCUT2D eigenvalue weighted by Gasteiger charge is 2.83. The Morgan fingerprint density at radius 3 is 2.24 bits per heavy atom. The smallest absolute Gasteiger partial charge is 0.385 e. The number of amides is 1. The number of anilines is 1. The minimum Gasteiger partial charge on any atom is -0.385 e. The molecule has 1 saturated carbocycles. The van der Waals surface area contributed by atoms with Gasteiger partial charge in [-0.25, -0.2) is 18.5 Å². The number of carbonyl (C=O) groups is 1. The predicted octanol–water partition coefficient (Wildman–Crippen LogP) is 6.01. The van der Waals surface area contributed by atoms with Crippen LogP contribution in [0, 0.1) is 28.5 Å². The summed E-state index contributed by atoms with van der Waals surface area (Å²) >= 11 is 0. The van der Waals surface area contributed by atoms with Crippen LogP contribution in [0.2, 0.25) is 0 Å². The minimum absolute atomic E-state index is 0.0326. The Morgan fingerprint density at radius 2 is 1.66 bits per heavy atom. The van der Waals surface area contributed by atoms with Crippen LogP contribution in [0.15, 0.2) is 36.7 Å². The molecule has 2 unspecified atom stereocenters. The zero-order valence-corrected chi connectivity index (χ0v) is 34.5. The first-order chi connectivity index (χ1) is 28.4. The van der Waals surface area contributed by atoms with Crippen molar-refractivity contribution < 1.29 is 47.4 Å². The third kappa shape index (κ3) is 11.6. The molecule has 2 fully saturated rings. The molecule has 2 aromatic heterocycles. The number of nitrogens with two attached hydrogens (primary N) is 1. The van der Waals surface area contributed by atoms with Gasteiger partial charge in [-0.15, -0.1) is 0 Å². The molecule has 16 nitrogen and oxygen atoms in total. The van der Waals surface area contributed by atoms with E-state index < -0.39 is 61.8 Å². The standard InChI is InChI=1S/C41H57FN7O9P/c1-2-3-4-5-6-7-8-9-10-11-12-13-14-15-16-17-20-46-38(50)33(55-25-30-21-29(24-43)22-31(42)23-30)26-56-59(53,54)58-36-35-41(36,52)39(51)40(27-44,57-35)34-19-18-32-37(45)47-28-48-49(32)34/h18-19,21-23,28,33,35-36,39,51-52H,2-17,20,25-26H2,1H3,(H,46,50)(H,53,54)(H2,45,47,48)/t33-,35+,36?,39-,40-,41-/m0/s1. The molecule has 0 radical (unpaired) electrons. The van der Waals surface area contributed by atoms with E-state index >= 15 is 0 Å². The lowest BCUT2D eigenvalue weighted by molar-refractivity contribution is -0.136. The quantitative estimate of drug-likeness (QED) is 0.0436. The summed E-state index contributed by atoms with van der Waals surface area (Å²) < 4.78 is 50.4. The Bertz CT molecular complexity index is 1990. The molecule has 0 spiro atoms. The fourth-order valence-corrected chi connectivity index (χ4v) is 8.59. The molecule has 2 aliphatic rings. The number of aromatic nitrogens is 3.